The Kier molecular flexibility index (Phi) is 7.97. The summed E-state index contributed by atoms with van der Waals surface area (Å²) in [4.78, 5) is 0. The van der Waals surface area contributed by atoms with Crippen molar-refractivity contribution in [2.75, 3.05) is 0 Å². The summed E-state index contributed by atoms with van der Waals surface area (Å²) in [7, 11) is 0. The Morgan fingerprint density at radius 1 is 0.889 bits per heavy atom. The predicted molar refractivity (Wildman–Crippen MR) is 71.6 cm³/mol. The van der Waals surface area contributed by atoms with Gasteiger partial charge in [-0.15, -0.1) is 0 Å². The van der Waals surface area contributed by atoms with Crippen LogP contribution < -0.4 is 0 Å². The molecule has 0 saturated heterocycles. The molecule has 2 atom stereocenters. The van der Waals surface area contributed by atoms with E-state index >= 15 is 0 Å². The van der Waals surface area contributed by atoms with Gasteiger partial charge in [0.05, 0.1) is 5.41 Å². The van der Waals surface area contributed by atoms with Crippen LogP contribution in [0.15, 0.2) is 0 Å². The van der Waals surface area contributed by atoms with Gasteiger partial charge in [-0.2, -0.15) is 13.2 Å². The molecule has 0 radical (unpaired) electrons. The van der Waals surface area contributed by atoms with Gasteiger partial charge in [-0.3, -0.25) is 0 Å². The lowest BCUT2D eigenvalue weighted by molar-refractivity contribution is -0.236. The maximum atomic E-state index is 13.0. The topological polar surface area (TPSA) is 0 Å². The summed E-state index contributed by atoms with van der Waals surface area (Å²) in [5.74, 6) is -0.284. The van der Waals surface area contributed by atoms with Gasteiger partial charge in [-0.25, -0.2) is 0 Å². The number of unbranched alkanes of at least 4 members (excludes halogenated alkanes) is 5. The molecule has 0 aliphatic heterocycles. The van der Waals surface area contributed by atoms with Gasteiger partial charge in [0.1, 0.15) is 0 Å². The summed E-state index contributed by atoms with van der Waals surface area (Å²) in [5, 5.41) is 0. The van der Waals surface area contributed by atoms with E-state index in [4.69, 9.17) is 0 Å². The van der Waals surface area contributed by atoms with Crippen molar-refractivity contribution >= 4 is 0 Å². The van der Waals surface area contributed by atoms with Crippen LogP contribution in [0.3, 0.4) is 0 Å². The molecule has 0 heterocycles. The van der Waals surface area contributed by atoms with Crippen LogP contribution in [0, 0.1) is 11.3 Å². The molecule has 0 spiro atoms. The van der Waals surface area contributed by atoms with E-state index in [0.29, 0.717) is 6.42 Å². The summed E-state index contributed by atoms with van der Waals surface area (Å²) in [6.45, 7) is 6.93. The lowest BCUT2D eigenvalue weighted by Gasteiger charge is -2.36. The fraction of sp³-hybridized carbons (Fsp3) is 1.00. The van der Waals surface area contributed by atoms with Crippen LogP contribution in [-0.4, -0.2) is 6.18 Å². The van der Waals surface area contributed by atoms with Crippen LogP contribution >= 0.6 is 0 Å². The van der Waals surface area contributed by atoms with Crippen LogP contribution in [0.5, 0.6) is 0 Å². The molecule has 0 aromatic heterocycles. The number of alkyl halides is 3. The van der Waals surface area contributed by atoms with Crippen LogP contribution in [0.1, 0.15) is 79.1 Å². The highest BCUT2D eigenvalue weighted by Gasteiger charge is 2.52. The molecule has 110 valence electrons. The zero-order valence-corrected chi connectivity index (χ0v) is 12.4. The molecule has 2 unspecified atom stereocenters. The lowest BCUT2D eigenvalue weighted by atomic mass is 9.73. The summed E-state index contributed by atoms with van der Waals surface area (Å²) < 4.78 is 39.1. The van der Waals surface area contributed by atoms with Crippen molar-refractivity contribution in [1.29, 1.82) is 0 Å². The molecule has 0 bridgehead atoms. The quantitative estimate of drug-likeness (QED) is 0.426. The van der Waals surface area contributed by atoms with Crippen LogP contribution in [0.25, 0.3) is 0 Å². The Morgan fingerprint density at radius 3 is 1.83 bits per heavy atom. The molecule has 0 aromatic rings. The molecule has 0 amide bonds. The molecule has 0 rings (SSSR count). The Balaban J connectivity index is 4.03. The third-order valence-electron chi connectivity index (χ3n) is 4.46. The smallest absolute Gasteiger partial charge is 0.171 e. The van der Waals surface area contributed by atoms with Crippen molar-refractivity contribution in [3.63, 3.8) is 0 Å². The zero-order chi connectivity index (χ0) is 14.2. The predicted octanol–water partition coefficient (Wildman–Crippen LogP) is 6.35. The van der Waals surface area contributed by atoms with E-state index in [1.165, 1.54) is 26.2 Å². The van der Waals surface area contributed by atoms with E-state index in [-0.39, 0.29) is 12.3 Å². The van der Waals surface area contributed by atoms with Gasteiger partial charge in [-0.05, 0) is 18.8 Å². The van der Waals surface area contributed by atoms with E-state index in [1.54, 1.807) is 13.8 Å². The number of rotatable bonds is 9. The maximum Gasteiger partial charge on any atom is 0.394 e. The highest BCUT2D eigenvalue weighted by Crippen LogP contribution is 2.48. The number of hydrogen-bond acceptors (Lipinski definition) is 0. The van der Waals surface area contributed by atoms with E-state index in [9.17, 15) is 13.2 Å². The Morgan fingerprint density at radius 2 is 1.39 bits per heavy atom. The lowest BCUT2D eigenvalue weighted by Crippen LogP contribution is -2.40. The summed E-state index contributed by atoms with van der Waals surface area (Å²) in [6, 6.07) is 0. The minimum Gasteiger partial charge on any atom is -0.171 e. The first-order valence-electron chi connectivity index (χ1n) is 7.36. The van der Waals surface area contributed by atoms with Crippen LogP contribution in [-0.2, 0) is 0 Å². The standard InChI is InChI=1S/C15H29F3/c1-5-7-8-9-10-11-12-13(3)14(4,6-2)15(16,17)18/h13H,5-12H2,1-4H3. The van der Waals surface area contributed by atoms with Gasteiger partial charge in [0, 0.05) is 0 Å². The largest absolute Gasteiger partial charge is 0.394 e. The summed E-state index contributed by atoms with van der Waals surface area (Å²) >= 11 is 0. The molecule has 0 aliphatic rings. The number of halogens is 3. The molecular weight excluding hydrogens is 237 g/mol. The van der Waals surface area contributed by atoms with Crippen LogP contribution in [0.4, 0.5) is 13.2 Å². The fourth-order valence-electron chi connectivity index (χ4n) is 2.38. The average molecular weight is 266 g/mol. The molecule has 0 nitrogen and oxygen atoms in total. The van der Waals surface area contributed by atoms with Gasteiger partial charge in [0.2, 0.25) is 0 Å². The molecule has 3 heteroatoms. The van der Waals surface area contributed by atoms with E-state index in [1.807, 2.05) is 0 Å². The zero-order valence-electron chi connectivity index (χ0n) is 12.4. The third kappa shape index (κ3) is 5.19. The molecule has 0 aromatic carbocycles. The second-order valence-corrected chi connectivity index (χ2v) is 5.73. The normalized spacial score (nSPS) is 17.5. The van der Waals surface area contributed by atoms with E-state index < -0.39 is 11.6 Å². The minimum atomic E-state index is -4.08. The van der Waals surface area contributed by atoms with Gasteiger partial charge in [0.25, 0.3) is 0 Å². The second-order valence-electron chi connectivity index (χ2n) is 5.73. The van der Waals surface area contributed by atoms with Crippen molar-refractivity contribution in [2.24, 2.45) is 11.3 Å². The van der Waals surface area contributed by atoms with Crippen molar-refractivity contribution in [3.8, 4) is 0 Å². The van der Waals surface area contributed by atoms with Crippen molar-refractivity contribution in [1.82, 2.24) is 0 Å². The monoisotopic (exact) mass is 266 g/mol. The third-order valence-corrected chi connectivity index (χ3v) is 4.46. The fourth-order valence-corrected chi connectivity index (χ4v) is 2.38. The van der Waals surface area contributed by atoms with Crippen LogP contribution in [0.2, 0.25) is 0 Å². The van der Waals surface area contributed by atoms with E-state index in [0.717, 1.165) is 19.3 Å². The first kappa shape index (κ1) is 17.8. The Labute approximate surface area is 110 Å². The molecule has 0 fully saturated rings. The van der Waals surface area contributed by atoms with Crippen molar-refractivity contribution in [3.05, 3.63) is 0 Å². The first-order chi connectivity index (χ1) is 8.29. The van der Waals surface area contributed by atoms with Crippen molar-refractivity contribution in [2.45, 2.75) is 85.2 Å². The van der Waals surface area contributed by atoms with Crippen molar-refractivity contribution < 1.29 is 13.2 Å². The summed E-state index contributed by atoms with van der Waals surface area (Å²) in [6.07, 6.45) is 3.61. The number of hydrogen-bond donors (Lipinski definition) is 0. The second kappa shape index (κ2) is 8.06. The molecular formula is C15H29F3. The highest BCUT2D eigenvalue weighted by molar-refractivity contribution is 4.85. The molecule has 18 heavy (non-hydrogen) atoms. The van der Waals surface area contributed by atoms with Gasteiger partial charge in [-0.1, -0.05) is 66.2 Å². The van der Waals surface area contributed by atoms with Gasteiger partial charge >= 0.3 is 6.18 Å². The first-order valence-corrected chi connectivity index (χ1v) is 7.36. The average Bonchev–Trinajstić information content (AvgIpc) is 2.30. The van der Waals surface area contributed by atoms with E-state index in [2.05, 4.69) is 6.92 Å². The summed E-state index contributed by atoms with van der Waals surface area (Å²) in [5.41, 5.74) is -1.52. The molecule has 0 aliphatic carbocycles. The van der Waals surface area contributed by atoms with Gasteiger partial charge < -0.3 is 0 Å². The highest BCUT2D eigenvalue weighted by atomic mass is 19.4. The maximum absolute atomic E-state index is 13.0. The van der Waals surface area contributed by atoms with Gasteiger partial charge in [0.15, 0.2) is 0 Å². The SMILES string of the molecule is CCCCCCCCC(C)C(C)(CC)C(F)(F)F. The minimum absolute atomic E-state index is 0.174. The molecule has 0 N–H and O–H groups in total. The molecule has 0 saturated carbocycles. The Hall–Kier alpha value is -0.210. The Bertz CT molecular complexity index is 210.